The van der Waals surface area contributed by atoms with Crippen LogP contribution in [0.3, 0.4) is 0 Å². The average Bonchev–Trinajstić information content (AvgIpc) is 2.81. The zero-order chi connectivity index (χ0) is 27.3. The molecule has 0 radical (unpaired) electrons. The lowest BCUT2D eigenvalue weighted by molar-refractivity contribution is -0.136. The van der Waals surface area contributed by atoms with Crippen molar-refractivity contribution in [1.29, 1.82) is 0 Å². The maximum absolute atomic E-state index is 13.4. The molecule has 0 spiro atoms. The summed E-state index contributed by atoms with van der Waals surface area (Å²) in [6, 6.07) is 7.17. The Kier molecular flexibility index (Phi) is 8.17. The van der Waals surface area contributed by atoms with Crippen molar-refractivity contribution in [2.45, 2.75) is 6.18 Å². The third-order valence-electron chi connectivity index (χ3n) is 4.67. The van der Waals surface area contributed by atoms with Crippen molar-refractivity contribution in [3.05, 3.63) is 82.4 Å². The fourth-order valence-electron chi connectivity index (χ4n) is 3.03. The summed E-state index contributed by atoms with van der Waals surface area (Å²) in [6.07, 6.45) is -4.70. The minimum absolute atomic E-state index is 0.0352. The van der Waals surface area contributed by atoms with Crippen LogP contribution in [0.25, 0.3) is 0 Å². The maximum Gasteiger partial charge on any atom is 0.418 e. The molecular formula is C23H16ClF5N4O4. The zero-order valence-electron chi connectivity index (χ0n) is 18.6. The van der Waals surface area contributed by atoms with Gasteiger partial charge in [-0.05, 0) is 42.5 Å². The Bertz CT molecular complexity index is 1370. The first-order valence-corrected chi connectivity index (χ1v) is 10.5. The highest BCUT2D eigenvalue weighted by atomic mass is 35.5. The van der Waals surface area contributed by atoms with Gasteiger partial charge in [0.1, 0.15) is 5.75 Å². The Balaban J connectivity index is 1.72. The van der Waals surface area contributed by atoms with Crippen LogP contribution in [-0.4, -0.2) is 25.1 Å². The summed E-state index contributed by atoms with van der Waals surface area (Å²) < 4.78 is 71.2. The number of hydrogen-bond donors (Lipinski definition) is 4. The molecule has 3 aromatic carbocycles. The topological polar surface area (TPSA) is 109 Å². The molecule has 14 heteroatoms. The molecular weight excluding hydrogens is 527 g/mol. The number of carbonyl (C=O) groups is 3. The van der Waals surface area contributed by atoms with Crippen LogP contribution in [0.5, 0.6) is 5.75 Å². The first kappa shape index (κ1) is 27.2. The average molecular weight is 543 g/mol. The Morgan fingerprint density at radius 1 is 0.838 bits per heavy atom. The predicted octanol–water partition coefficient (Wildman–Crippen LogP) is 6.25. The smallest absolute Gasteiger partial charge is 0.418 e. The molecule has 0 aromatic heterocycles. The van der Waals surface area contributed by atoms with Gasteiger partial charge >= 0.3 is 18.2 Å². The Morgan fingerprint density at radius 3 is 2.16 bits per heavy atom. The number of anilines is 3. The van der Waals surface area contributed by atoms with Gasteiger partial charge in [-0.15, -0.1) is 0 Å². The SMILES string of the molecule is COc1ccc(NC(=O)Nc2ccccc2C(F)(F)F)cc1NC(=O)NC(=O)c1cc(F)c(F)cc1Cl. The van der Waals surface area contributed by atoms with Gasteiger partial charge in [0.2, 0.25) is 0 Å². The van der Waals surface area contributed by atoms with Gasteiger partial charge in [-0.2, -0.15) is 13.2 Å². The highest BCUT2D eigenvalue weighted by molar-refractivity contribution is 6.34. The van der Waals surface area contributed by atoms with E-state index in [4.69, 9.17) is 16.3 Å². The molecule has 4 N–H and O–H groups in total. The molecule has 37 heavy (non-hydrogen) atoms. The molecule has 5 amide bonds. The molecule has 8 nitrogen and oxygen atoms in total. The molecule has 0 heterocycles. The number of hydrogen-bond acceptors (Lipinski definition) is 4. The lowest BCUT2D eigenvalue weighted by atomic mass is 10.1. The summed E-state index contributed by atoms with van der Waals surface area (Å²) in [6.45, 7) is 0. The van der Waals surface area contributed by atoms with Crippen molar-refractivity contribution in [1.82, 2.24) is 5.32 Å². The van der Waals surface area contributed by atoms with Crippen molar-refractivity contribution >= 4 is 46.6 Å². The second-order valence-corrected chi connectivity index (χ2v) is 7.60. The molecule has 0 atom stereocenters. The molecule has 0 aliphatic carbocycles. The number of rotatable bonds is 5. The monoisotopic (exact) mass is 542 g/mol. The van der Waals surface area contributed by atoms with Crippen LogP contribution >= 0.6 is 11.6 Å². The van der Waals surface area contributed by atoms with E-state index >= 15 is 0 Å². The molecule has 194 valence electrons. The first-order valence-electron chi connectivity index (χ1n) is 10.1. The molecule has 0 saturated carbocycles. The van der Waals surface area contributed by atoms with Gasteiger partial charge in [0.15, 0.2) is 11.6 Å². The number of urea groups is 2. The van der Waals surface area contributed by atoms with E-state index in [1.807, 2.05) is 5.32 Å². The van der Waals surface area contributed by atoms with Crippen LogP contribution in [0.2, 0.25) is 5.02 Å². The van der Waals surface area contributed by atoms with Crippen LogP contribution in [0.4, 0.5) is 48.6 Å². The van der Waals surface area contributed by atoms with Crippen molar-refractivity contribution < 1.29 is 41.1 Å². The number of methoxy groups -OCH3 is 1. The van der Waals surface area contributed by atoms with E-state index in [2.05, 4.69) is 16.0 Å². The minimum Gasteiger partial charge on any atom is -0.495 e. The summed E-state index contributed by atoms with van der Waals surface area (Å²) >= 11 is 5.72. The van der Waals surface area contributed by atoms with Gasteiger partial charge in [0.25, 0.3) is 5.91 Å². The van der Waals surface area contributed by atoms with Gasteiger partial charge in [0.05, 0.1) is 34.6 Å². The van der Waals surface area contributed by atoms with E-state index in [0.29, 0.717) is 12.1 Å². The summed E-state index contributed by atoms with van der Waals surface area (Å²) in [4.78, 5) is 36.9. The van der Waals surface area contributed by atoms with E-state index in [1.54, 1.807) is 0 Å². The van der Waals surface area contributed by atoms with Gasteiger partial charge < -0.3 is 20.7 Å². The third-order valence-corrected chi connectivity index (χ3v) is 4.98. The van der Waals surface area contributed by atoms with Crippen LogP contribution in [0, 0.1) is 11.6 Å². The highest BCUT2D eigenvalue weighted by Crippen LogP contribution is 2.35. The third kappa shape index (κ3) is 6.85. The largest absolute Gasteiger partial charge is 0.495 e. The zero-order valence-corrected chi connectivity index (χ0v) is 19.4. The lowest BCUT2D eigenvalue weighted by Crippen LogP contribution is -2.34. The fourth-order valence-corrected chi connectivity index (χ4v) is 3.26. The van der Waals surface area contributed by atoms with Crippen LogP contribution < -0.4 is 26.0 Å². The Hall–Kier alpha value is -4.39. The standard InChI is InChI=1S/C23H16ClF5N4O4/c1-37-19-7-6-11(30-21(35)31-17-5-3-2-4-13(17)23(27,28)29)8-18(19)32-22(36)33-20(34)12-9-15(25)16(26)10-14(12)24/h2-10H,1H3,(H2,30,31,35)(H2,32,33,34,36). The number of amides is 5. The summed E-state index contributed by atoms with van der Waals surface area (Å²) in [5.41, 5.74) is -2.06. The summed E-state index contributed by atoms with van der Waals surface area (Å²) in [5, 5.41) is 8.12. The number of nitrogens with one attached hydrogen (secondary N) is 4. The second kappa shape index (κ2) is 11.1. The Labute approximate surface area is 210 Å². The van der Waals surface area contributed by atoms with Gasteiger partial charge in [-0.25, -0.2) is 18.4 Å². The second-order valence-electron chi connectivity index (χ2n) is 7.19. The van der Waals surface area contributed by atoms with E-state index in [-0.39, 0.29) is 17.1 Å². The first-order chi connectivity index (χ1) is 17.4. The van der Waals surface area contributed by atoms with E-state index in [0.717, 1.165) is 12.1 Å². The van der Waals surface area contributed by atoms with Gasteiger partial charge in [-0.1, -0.05) is 23.7 Å². The number of imide groups is 1. The van der Waals surface area contributed by atoms with Crippen LogP contribution in [0.15, 0.2) is 54.6 Å². The molecule has 0 saturated heterocycles. The van der Waals surface area contributed by atoms with Crippen molar-refractivity contribution in [3.8, 4) is 5.75 Å². The number of halogens is 6. The van der Waals surface area contributed by atoms with Gasteiger partial charge in [-0.3, -0.25) is 10.1 Å². The lowest BCUT2D eigenvalue weighted by Gasteiger charge is -2.15. The Morgan fingerprint density at radius 2 is 1.49 bits per heavy atom. The van der Waals surface area contributed by atoms with E-state index in [1.165, 1.54) is 37.4 Å². The highest BCUT2D eigenvalue weighted by Gasteiger charge is 2.33. The normalized spacial score (nSPS) is 10.9. The minimum atomic E-state index is -4.70. The summed E-state index contributed by atoms with van der Waals surface area (Å²) in [7, 11) is 1.26. The van der Waals surface area contributed by atoms with E-state index in [9.17, 15) is 36.3 Å². The van der Waals surface area contributed by atoms with Crippen molar-refractivity contribution in [2.24, 2.45) is 0 Å². The molecule has 0 bridgehead atoms. The quantitative estimate of drug-likeness (QED) is 0.226. The number of benzene rings is 3. The van der Waals surface area contributed by atoms with E-state index < -0.39 is 57.6 Å². The molecule has 0 fully saturated rings. The van der Waals surface area contributed by atoms with Crippen LogP contribution in [0.1, 0.15) is 15.9 Å². The number of carbonyl (C=O) groups excluding carboxylic acids is 3. The maximum atomic E-state index is 13.4. The summed E-state index contributed by atoms with van der Waals surface area (Å²) in [5.74, 6) is -3.70. The van der Waals surface area contributed by atoms with Gasteiger partial charge in [0, 0.05) is 5.69 Å². The van der Waals surface area contributed by atoms with Crippen molar-refractivity contribution in [3.63, 3.8) is 0 Å². The molecule has 3 aromatic rings. The number of ether oxygens (including phenoxy) is 1. The number of para-hydroxylation sites is 1. The molecule has 3 rings (SSSR count). The molecule has 0 unspecified atom stereocenters. The molecule has 0 aliphatic heterocycles. The van der Waals surface area contributed by atoms with Crippen LogP contribution in [-0.2, 0) is 6.18 Å². The fraction of sp³-hybridized carbons (Fsp3) is 0.0870. The number of alkyl halides is 3. The van der Waals surface area contributed by atoms with Crippen molar-refractivity contribution in [2.75, 3.05) is 23.1 Å². The predicted molar refractivity (Wildman–Crippen MR) is 125 cm³/mol. The molecule has 0 aliphatic rings.